The van der Waals surface area contributed by atoms with E-state index in [0.717, 1.165) is 12.3 Å². The quantitative estimate of drug-likeness (QED) is 0.839. The third kappa shape index (κ3) is 4.06. The first kappa shape index (κ1) is 12.9. The lowest BCUT2D eigenvalue weighted by atomic mass is 10.0. The maximum atomic E-state index is 11.5. The fraction of sp³-hybridized carbons (Fsp3) is 0.533. The van der Waals surface area contributed by atoms with Gasteiger partial charge in [0.1, 0.15) is 5.75 Å². The first-order chi connectivity index (χ1) is 8.65. The molecule has 0 aliphatic heterocycles. The molecule has 18 heavy (non-hydrogen) atoms. The summed E-state index contributed by atoms with van der Waals surface area (Å²) in [5, 5.41) is 2.88. The van der Waals surface area contributed by atoms with Crippen molar-refractivity contribution >= 4 is 5.91 Å². The molecular weight excluding hydrogens is 226 g/mol. The van der Waals surface area contributed by atoms with Crippen LogP contribution < -0.4 is 10.1 Å². The van der Waals surface area contributed by atoms with Crippen molar-refractivity contribution in [2.75, 3.05) is 13.2 Å². The van der Waals surface area contributed by atoms with Crippen LogP contribution in [-0.4, -0.2) is 19.1 Å². The number of rotatable bonds is 6. The minimum atomic E-state index is -0.0326. The van der Waals surface area contributed by atoms with E-state index in [1.165, 1.54) is 18.4 Å². The smallest absolute Gasteiger partial charge is 0.257 e. The van der Waals surface area contributed by atoms with Gasteiger partial charge >= 0.3 is 0 Å². The third-order valence-electron chi connectivity index (χ3n) is 3.20. The number of benzene rings is 1. The summed E-state index contributed by atoms with van der Waals surface area (Å²) in [5.74, 6) is 1.94. The third-order valence-corrected chi connectivity index (χ3v) is 3.20. The zero-order chi connectivity index (χ0) is 13.0. The molecule has 1 aliphatic rings. The van der Waals surface area contributed by atoms with E-state index in [0.29, 0.717) is 11.8 Å². The van der Waals surface area contributed by atoms with Gasteiger partial charge in [-0.15, -0.1) is 0 Å². The molecule has 1 aliphatic carbocycles. The van der Waals surface area contributed by atoms with E-state index in [1.54, 1.807) is 0 Å². The Morgan fingerprint density at radius 1 is 1.33 bits per heavy atom. The molecule has 0 atom stereocenters. The molecule has 0 heterocycles. The highest BCUT2D eigenvalue weighted by molar-refractivity contribution is 5.77. The van der Waals surface area contributed by atoms with E-state index in [1.807, 2.05) is 24.3 Å². The molecule has 1 aromatic rings. The maximum absolute atomic E-state index is 11.5. The Balaban J connectivity index is 1.73. The Morgan fingerprint density at radius 3 is 2.56 bits per heavy atom. The van der Waals surface area contributed by atoms with Crippen LogP contribution in [0, 0.1) is 5.92 Å². The molecule has 0 unspecified atom stereocenters. The van der Waals surface area contributed by atoms with Gasteiger partial charge in [-0.25, -0.2) is 0 Å². The summed E-state index contributed by atoms with van der Waals surface area (Å²) in [5.41, 5.74) is 1.28. The van der Waals surface area contributed by atoms with Crippen LogP contribution in [0.5, 0.6) is 5.75 Å². The molecule has 1 amide bonds. The van der Waals surface area contributed by atoms with Crippen molar-refractivity contribution < 1.29 is 9.53 Å². The van der Waals surface area contributed by atoms with Crippen LogP contribution in [0.2, 0.25) is 0 Å². The van der Waals surface area contributed by atoms with Crippen molar-refractivity contribution in [3.8, 4) is 5.75 Å². The van der Waals surface area contributed by atoms with Crippen molar-refractivity contribution in [2.24, 2.45) is 5.92 Å². The molecule has 1 N–H and O–H groups in total. The molecule has 0 spiro atoms. The standard InChI is InChI=1S/C15H21NO2/c1-11(2)13-5-7-14(8-6-13)18-10-15(17)16-9-12-3-4-12/h5-8,11-12H,3-4,9-10H2,1-2H3,(H,16,17). The molecule has 0 saturated heterocycles. The van der Waals surface area contributed by atoms with Gasteiger partial charge in [-0.1, -0.05) is 26.0 Å². The molecule has 1 saturated carbocycles. The second-order valence-corrected chi connectivity index (χ2v) is 5.26. The Kier molecular flexibility index (Phi) is 4.24. The lowest BCUT2D eigenvalue weighted by molar-refractivity contribution is -0.123. The first-order valence-electron chi connectivity index (χ1n) is 6.64. The summed E-state index contributed by atoms with van der Waals surface area (Å²) in [7, 11) is 0. The monoisotopic (exact) mass is 247 g/mol. The molecule has 1 aromatic carbocycles. The van der Waals surface area contributed by atoms with Crippen molar-refractivity contribution in [2.45, 2.75) is 32.6 Å². The van der Waals surface area contributed by atoms with Crippen LogP contribution in [0.4, 0.5) is 0 Å². The second kappa shape index (κ2) is 5.89. The van der Waals surface area contributed by atoms with Crippen LogP contribution in [-0.2, 0) is 4.79 Å². The largest absolute Gasteiger partial charge is 0.484 e. The van der Waals surface area contributed by atoms with Gasteiger partial charge in [-0.3, -0.25) is 4.79 Å². The van der Waals surface area contributed by atoms with Gasteiger partial charge < -0.3 is 10.1 Å². The Labute approximate surface area is 109 Å². The molecule has 1 fully saturated rings. The van der Waals surface area contributed by atoms with Crippen molar-refractivity contribution in [1.29, 1.82) is 0 Å². The predicted octanol–water partition coefficient (Wildman–Crippen LogP) is 2.72. The van der Waals surface area contributed by atoms with E-state index in [4.69, 9.17) is 4.74 Å². The summed E-state index contributed by atoms with van der Waals surface area (Å²) >= 11 is 0. The van der Waals surface area contributed by atoms with E-state index < -0.39 is 0 Å². The lowest BCUT2D eigenvalue weighted by Gasteiger charge is -2.09. The van der Waals surface area contributed by atoms with E-state index in [9.17, 15) is 4.79 Å². The molecule has 0 bridgehead atoms. The van der Waals surface area contributed by atoms with Crippen LogP contribution in [0.1, 0.15) is 38.2 Å². The number of hydrogen-bond acceptors (Lipinski definition) is 2. The summed E-state index contributed by atoms with van der Waals surface area (Å²) < 4.78 is 5.44. The molecule has 3 heteroatoms. The Morgan fingerprint density at radius 2 is 2.00 bits per heavy atom. The molecular formula is C15H21NO2. The van der Waals surface area contributed by atoms with Gasteiger partial charge in [0.25, 0.3) is 5.91 Å². The zero-order valence-corrected chi connectivity index (χ0v) is 11.1. The summed E-state index contributed by atoms with van der Waals surface area (Å²) in [4.78, 5) is 11.5. The number of ether oxygens (including phenoxy) is 1. The first-order valence-corrected chi connectivity index (χ1v) is 6.64. The van der Waals surface area contributed by atoms with Gasteiger partial charge in [0.05, 0.1) is 0 Å². The lowest BCUT2D eigenvalue weighted by Crippen LogP contribution is -2.30. The SMILES string of the molecule is CC(C)c1ccc(OCC(=O)NCC2CC2)cc1. The molecule has 0 aromatic heterocycles. The second-order valence-electron chi connectivity index (χ2n) is 5.26. The van der Waals surface area contributed by atoms with Gasteiger partial charge in [-0.2, -0.15) is 0 Å². The summed E-state index contributed by atoms with van der Waals surface area (Å²) in [6.45, 7) is 5.21. The number of nitrogens with one attached hydrogen (secondary N) is 1. The average molecular weight is 247 g/mol. The van der Waals surface area contributed by atoms with Crippen molar-refractivity contribution in [1.82, 2.24) is 5.32 Å². The number of amides is 1. The van der Waals surface area contributed by atoms with Crippen molar-refractivity contribution in [3.05, 3.63) is 29.8 Å². The van der Waals surface area contributed by atoms with Gasteiger partial charge in [0.2, 0.25) is 0 Å². The van der Waals surface area contributed by atoms with Crippen LogP contribution in [0.15, 0.2) is 24.3 Å². The fourth-order valence-corrected chi connectivity index (χ4v) is 1.73. The van der Waals surface area contributed by atoms with E-state index in [-0.39, 0.29) is 12.5 Å². The number of carbonyl (C=O) groups is 1. The van der Waals surface area contributed by atoms with E-state index in [2.05, 4.69) is 19.2 Å². The average Bonchev–Trinajstić information content (AvgIpc) is 3.18. The number of hydrogen-bond donors (Lipinski definition) is 1. The van der Waals surface area contributed by atoms with Gasteiger partial charge in [0.15, 0.2) is 6.61 Å². The van der Waals surface area contributed by atoms with Crippen molar-refractivity contribution in [3.63, 3.8) is 0 Å². The summed E-state index contributed by atoms with van der Waals surface area (Å²) in [6, 6.07) is 7.93. The molecule has 98 valence electrons. The molecule has 0 radical (unpaired) electrons. The van der Waals surface area contributed by atoms with Crippen LogP contribution in [0.25, 0.3) is 0 Å². The van der Waals surface area contributed by atoms with Crippen LogP contribution in [0.3, 0.4) is 0 Å². The Bertz CT molecular complexity index is 393. The molecule has 3 nitrogen and oxygen atoms in total. The number of carbonyl (C=O) groups excluding carboxylic acids is 1. The van der Waals surface area contributed by atoms with Gasteiger partial charge in [-0.05, 0) is 42.4 Å². The van der Waals surface area contributed by atoms with Gasteiger partial charge in [0, 0.05) is 6.54 Å². The minimum absolute atomic E-state index is 0.0326. The Hall–Kier alpha value is -1.51. The van der Waals surface area contributed by atoms with Crippen LogP contribution >= 0.6 is 0 Å². The maximum Gasteiger partial charge on any atom is 0.257 e. The summed E-state index contributed by atoms with van der Waals surface area (Å²) in [6.07, 6.45) is 2.50. The fourth-order valence-electron chi connectivity index (χ4n) is 1.73. The predicted molar refractivity (Wildman–Crippen MR) is 71.8 cm³/mol. The molecule has 2 rings (SSSR count). The topological polar surface area (TPSA) is 38.3 Å². The highest BCUT2D eigenvalue weighted by Crippen LogP contribution is 2.27. The normalized spacial score (nSPS) is 14.6. The van der Waals surface area contributed by atoms with E-state index >= 15 is 0 Å². The highest BCUT2D eigenvalue weighted by atomic mass is 16.5. The minimum Gasteiger partial charge on any atom is -0.484 e. The highest BCUT2D eigenvalue weighted by Gasteiger charge is 2.21. The zero-order valence-electron chi connectivity index (χ0n) is 11.1.